The van der Waals surface area contributed by atoms with Crippen molar-refractivity contribution >= 4 is 54.4 Å². The zero-order valence-electron chi connectivity index (χ0n) is 19.6. The van der Waals surface area contributed by atoms with E-state index in [1.807, 2.05) is 0 Å². The minimum absolute atomic E-state index is 1.18. The van der Waals surface area contributed by atoms with Crippen LogP contribution in [0.1, 0.15) is 0 Å². The van der Waals surface area contributed by atoms with Crippen LogP contribution in [-0.4, -0.2) is 9.13 Å². The summed E-state index contributed by atoms with van der Waals surface area (Å²) in [6, 6.07) is 48.1. The van der Waals surface area contributed by atoms with E-state index >= 15 is 0 Å². The molecule has 8 rings (SSSR count). The lowest BCUT2D eigenvalue weighted by atomic mass is 10.0. The summed E-state index contributed by atoms with van der Waals surface area (Å²) in [5.74, 6) is 0. The van der Waals surface area contributed by atoms with Gasteiger partial charge in [-0.25, -0.2) is 0 Å². The fraction of sp³-hybridized carbons (Fsp3) is 0. The second-order valence-electron chi connectivity index (χ2n) is 9.40. The molecular formula is C34H22N2. The molecule has 0 unspecified atom stereocenters. The first kappa shape index (κ1) is 19.5. The summed E-state index contributed by atoms with van der Waals surface area (Å²) < 4.78 is 4.88. The molecule has 0 atom stereocenters. The van der Waals surface area contributed by atoms with E-state index in [1.54, 1.807) is 0 Å². The number of nitrogens with zero attached hydrogens (tertiary/aromatic N) is 2. The fourth-order valence-corrected chi connectivity index (χ4v) is 6.01. The molecule has 6 aromatic carbocycles. The first-order valence-corrected chi connectivity index (χ1v) is 12.4. The molecule has 168 valence electrons. The van der Waals surface area contributed by atoms with Crippen molar-refractivity contribution in [2.24, 2.45) is 0 Å². The Balaban J connectivity index is 1.68. The van der Waals surface area contributed by atoms with Crippen molar-refractivity contribution in [2.75, 3.05) is 0 Å². The molecule has 0 spiro atoms. The Labute approximate surface area is 208 Å². The number of aromatic nitrogens is 2. The van der Waals surface area contributed by atoms with Crippen LogP contribution in [0.25, 0.3) is 65.8 Å². The second kappa shape index (κ2) is 7.34. The molecule has 8 aromatic rings. The van der Waals surface area contributed by atoms with Gasteiger partial charge >= 0.3 is 0 Å². The van der Waals surface area contributed by atoms with Crippen molar-refractivity contribution in [1.29, 1.82) is 0 Å². The summed E-state index contributed by atoms with van der Waals surface area (Å²) in [5, 5.41) is 7.65. The molecule has 2 nitrogen and oxygen atoms in total. The number of rotatable bonds is 2. The molecule has 2 heteroatoms. The van der Waals surface area contributed by atoms with Gasteiger partial charge in [-0.2, -0.15) is 0 Å². The van der Waals surface area contributed by atoms with Crippen LogP contribution in [0.15, 0.2) is 133 Å². The highest BCUT2D eigenvalue weighted by molar-refractivity contribution is 6.28. The first-order valence-electron chi connectivity index (χ1n) is 12.4. The third kappa shape index (κ3) is 2.56. The Hall–Kier alpha value is -4.82. The number of hydrogen-bond donors (Lipinski definition) is 0. The van der Waals surface area contributed by atoms with Gasteiger partial charge in [0, 0.05) is 38.3 Å². The Bertz CT molecular complexity index is 2080. The summed E-state index contributed by atoms with van der Waals surface area (Å²) in [5.41, 5.74) is 7.32. The summed E-state index contributed by atoms with van der Waals surface area (Å²) >= 11 is 0. The molecule has 2 aromatic heterocycles. The fourth-order valence-electron chi connectivity index (χ4n) is 6.01. The van der Waals surface area contributed by atoms with Gasteiger partial charge in [0.2, 0.25) is 0 Å². The smallest absolute Gasteiger partial charge is 0.0641 e. The maximum Gasteiger partial charge on any atom is 0.0641 e. The number of benzene rings is 6. The van der Waals surface area contributed by atoms with E-state index in [2.05, 4.69) is 143 Å². The van der Waals surface area contributed by atoms with Gasteiger partial charge in [0.15, 0.2) is 0 Å². The minimum atomic E-state index is 1.18. The van der Waals surface area contributed by atoms with Crippen molar-refractivity contribution in [2.45, 2.75) is 0 Å². The standard InChI is InChI=1S/C34H22N2/c1-3-12-24(13-4-1)35-30-18-10-9-17-29(30)32-31(35)22-21-28-27-20-19-23-11-7-8-16-26(23)33(27)36(34(28)32)25-14-5-2-6-15-25/h1-22H. The Kier molecular flexibility index (Phi) is 3.97. The summed E-state index contributed by atoms with van der Waals surface area (Å²) in [6.45, 7) is 0. The van der Waals surface area contributed by atoms with Crippen LogP contribution in [0, 0.1) is 0 Å². The van der Waals surface area contributed by atoms with E-state index in [0.717, 1.165) is 0 Å². The van der Waals surface area contributed by atoms with Crippen LogP contribution in [0.4, 0.5) is 0 Å². The van der Waals surface area contributed by atoms with Crippen LogP contribution in [0.5, 0.6) is 0 Å². The summed E-state index contributed by atoms with van der Waals surface area (Å²) in [4.78, 5) is 0. The predicted molar refractivity (Wildman–Crippen MR) is 153 cm³/mol. The van der Waals surface area contributed by atoms with Gasteiger partial charge in [-0.15, -0.1) is 0 Å². The maximum absolute atomic E-state index is 2.48. The largest absolute Gasteiger partial charge is 0.309 e. The molecule has 0 fully saturated rings. The zero-order chi connectivity index (χ0) is 23.6. The Morgan fingerprint density at radius 1 is 0.333 bits per heavy atom. The van der Waals surface area contributed by atoms with Crippen LogP contribution in [-0.2, 0) is 0 Å². The highest BCUT2D eigenvalue weighted by Gasteiger charge is 2.21. The third-order valence-electron chi connectivity index (χ3n) is 7.48. The lowest BCUT2D eigenvalue weighted by molar-refractivity contribution is 1.18. The van der Waals surface area contributed by atoms with E-state index in [4.69, 9.17) is 0 Å². The van der Waals surface area contributed by atoms with Crippen LogP contribution >= 0.6 is 0 Å². The number of fused-ring (bicyclic) bond motifs is 9. The molecule has 0 aliphatic carbocycles. The van der Waals surface area contributed by atoms with Crippen LogP contribution in [0.2, 0.25) is 0 Å². The van der Waals surface area contributed by atoms with Gasteiger partial charge in [-0.3, -0.25) is 0 Å². The van der Waals surface area contributed by atoms with E-state index in [-0.39, 0.29) is 0 Å². The van der Waals surface area contributed by atoms with Crippen molar-refractivity contribution in [3.63, 3.8) is 0 Å². The lowest BCUT2D eigenvalue weighted by Crippen LogP contribution is -1.95. The van der Waals surface area contributed by atoms with Gasteiger partial charge in [0.25, 0.3) is 0 Å². The average molecular weight is 459 g/mol. The van der Waals surface area contributed by atoms with Gasteiger partial charge in [-0.1, -0.05) is 97.1 Å². The molecule has 0 amide bonds. The van der Waals surface area contributed by atoms with Gasteiger partial charge < -0.3 is 9.13 Å². The lowest BCUT2D eigenvalue weighted by Gasteiger charge is -2.11. The SMILES string of the molecule is c1ccc(-n2c3ccccc3c3c2ccc2c4ccc5ccccc5c4n(-c4ccccc4)c23)cc1. The maximum atomic E-state index is 2.48. The van der Waals surface area contributed by atoms with Gasteiger partial charge in [0.05, 0.1) is 22.1 Å². The van der Waals surface area contributed by atoms with Crippen LogP contribution in [0.3, 0.4) is 0 Å². The minimum Gasteiger partial charge on any atom is -0.309 e. The molecule has 0 saturated heterocycles. The Morgan fingerprint density at radius 3 is 1.69 bits per heavy atom. The monoisotopic (exact) mass is 458 g/mol. The third-order valence-corrected chi connectivity index (χ3v) is 7.48. The van der Waals surface area contributed by atoms with Crippen LogP contribution < -0.4 is 0 Å². The number of hydrogen-bond acceptors (Lipinski definition) is 0. The average Bonchev–Trinajstić information content (AvgIpc) is 3.47. The van der Waals surface area contributed by atoms with Crippen molar-refractivity contribution in [1.82, 2.24) is 9.13 Å². The van der Waals surface area contributed by atoms with Crippen molar-refractivity contribution in [3.8, 4) is 11.4 Å². The molecule has 0 bridgehead atoms. The highest BCUT2D eigenvalue weighted by Crippen LogP contribution is 2.43. The molecule has 0 saturated carbocycles. The normalized spacial score (nSPS) is 11.9. The van der Waals surface area contributed by atoms with E-state index in [9.17, 15) is 0 Å². The molecular weight excluding hydrogens is 436 g/mol. The molecule has 0 radical (unpaired) electrons. The van der Waals surface area contributed by atoms with E-state index in [1.165, 1.54) is 65.8 Å². The van der Waals surface area contributed by atoms with Gasteiger partial charge in [-0.05, 0) is 41.8 Å². The van der Waals surface area contributed by atoms with Crippen molar-refractivity contribution < 1.29 is 0 Å². The first-order chi connectivity index (χ1) is 17.9. The van der Waals surface area contributed by atoms with Gasteiger partial charge in [0.1, 0.15) is 0 Å². The molecule has 0 aliphatic rings. The predicted octanol–water partition coefficient (Wildman–Crippen LogP) is 9.03. The second-order valence-corrected chi connectivity index (χ2v) is 9.40. The Morgan fingerprint density at radius 2 is 0.917 bits per heavy atom. The molecule has 36 heavy (non-hydrogen) atoms. The quantitative estimate of drug-likeness (QED) is 0.244. The molecule has 2 heterocycles. The van der Waals surface area contributed by atoms with Crippen molar-refractivity contribution in [3.05, 3.63) is 133 Å². The van der Waals surface area contributed by atoms with E-state index < -0.39 is 0 Å². The zero-order valence-corrected chi connectivity index (χ0v) is 19.6. The number of para-hydroxylation sites is 3. The molecule has 0 aliphatic heterocycles. The molecule has 0 N–H and O–H groups in total. The summed E-state index contributed by atoms with van der Waals surface area (Å²) in [7, 11) is 0. The highest BCUT2D eigenvalue weighted by atomic mass is 15.0. The topological polar surface area (TPSA) is 9.86 Å². The summed E-state index contributed by atoms with van der Waals surface area (Å²) in [6.07, 6.45) is 0. The van der Waals surface area contributed by atoms with E-state index in [0.29, 0.717) is 0 Å².